The Kier molecular flexibility index (Phi) is 5.76. The van der Waals surface area contributed by atoms with E-state index in [9.17, 15) is 9.59 Å². The fourth-order valence-corrected chi connectivity index (χ4v) is 1.74. The highest BCUT2D eigenvalue weighted by molar-refractivity contribution is 5.86. The normalized spacial score (nSPS) is 12.6. The van der Waals surface area contributed by atoms with Gasteiger partial charge in [0.2, 0.25) is 11.7 Å². The second-order valence-electron chi connectivity index (χ2n) is 5.01. The van der Waals surface area contributed by atoms with E-state index < -0.39 is 5.97 Å². The van der Waals surface area contributed by atoms with Crippen molar-refractivity contribution in [1.29, 1.82) is 0 Å². The Balaban J connectivity index is 2.64. The number of ether oxygens (including phenoxy) is 1. The molecule has 1 rings (SSSR count). The van der Waals surface area contributed by atoms with E-state index in [-0.39, 0.29) is 30.3 Å². The minimum Gasteiger partial charge on any atom is -0.463 e. The van der Waals surface area contributed by atoms with Crippen LogP contribution in [0.1, 0.15) is 43.1 Å². The molecule has 0 aliphatic rings. The zero-order chi connectivity index (χ0) is 15.3. The SMILES string of the molecule is COC(=O)c1ccc(C(C)N(C)CC(=O)NC(C)C)o1. The molecule has 1 aromatic rings. The second-order valence-corrected chi connectivity index (χ2v) is 5.01. The average Bonchev–Trinajstić information content (AvgIpc) is 2.85. The fourth-order valence-electron chi connectivity index (χ4n) is 1.74. The Morgan fingerprint density at radius 1 is 1.35 bits per heavy atom. The standard InChI is InChI=1S/C14H22N2O4/c1-9(2)15-13(17)8-16(4)10(3)11-6-7-12(20-11)14(18)19-5/h6-7,9-10H,8H2,1-5H3,(H,15,17). The summed E-state index contributed by atoms with van der Waals surface area (Å²) in [5.41, 5.74) is 0. The lowest BCUT2D eigenvalue weighted by atomic mass is 10.2. The molecule has 0 saturated carbocycles. The topological polar surface area (TPSA) is 71.8 Å². The van der Waals surface area contributed by atoms with Gasteiger partial charge in [-0.25, -0.2) is 4.79 Å². The number of carbonyl (C=O) groups excluding carboxylic acids is 2. The number of methoxy groups -OCH3 is 1. The van der Waals surface area contributed by atoms with Gasteiger partial charge in [0.25, 0.3) is 0 Å². The number of carbonyl (C=O) groups is 2. The number of esters is 1. The molecule has 0 fully saturated rings. The molecule has 1 N–H and O–H groups in total. The van der Waals surface area contributed by atoms with Gasteiger partial charge in [0, 0.05) is 6.04 Å². The molecule has 0 radical (unpaired) electrons. The van der Waals surface area contributed by atoms with Gasteiger partial charge in [0.05, 0.1) is 19.7 Å². The van der Waals surface area contributed by atoms with Crippen LogP contribution >= 0.6 is 0 Å². The van der Waals surface area contributed by atoms with Crippen LogP contribution in [0.2, 0.25) is 0 Å². The monoisotopic (exact) mass is 282 g/mol. The summed E-state index contributed by atoms with van der Waals surface area (Å²) in [6.45, 7) is 5.99. The van der Waals surface area contributed by atoms with Crippen LogP contribution in [0.3, 0.4) is 0 Å². The molecule has 1 atom stereocenters. The molecule has 6 nitrogen and oxygen atoms in total. The molecule has 0 spiro atoms. The fraction of sp³-hybridized carbons (Fsp3) is 0.571. The van der Waals surface area contributed by atoms with Crippen LogP contribution in [0.15, 0.2) is 16.5 Å². The van der Waals surface area contributed by atoms with Crippen LogP contribution < -0.4 is 5.32 Å². The highest BCUT2D eigenvalue weighted by atomic mass is 16.5. The molecule has 0 bridgehead atoms. The van der Waals surface area contributed by atoms with Crippen molar-refractivity contribution in [2.24, 2.45) is 0 Å². The molecule has 0 saturated heterocycles. The first-order valence-corrected chi connectivity index (χ1v) is 6.52. The zero-order valence-electron chi connectivity index (χ0n) is 12.6. The van der Waals surface area contributed by atoms with Gasteiger partial charge in [-0.1, -0.05) is 0 Å². The number of amides is 1. The number of nitrogens with one attached hydrogen (secondary N) is 1. The predicted octanol–water partition coefficient (Wildman–Crippen LogP) is 1.58. The maximum atomic E-state index is 11.7. The maximum Gasteiger partial charge on any atom is 0.373 e. The van der Waals surface area contributed by atoms with E-state index in [2.05, 4.69) is 10.1 Å². The van der Waals surface area contributed by atoms with E-state index in [1.54, 1.807) is 12.1 Å². The van der Waals surface area contributed by atoms with Gasteiger partial charge < -0.3 is 14.5 Å². The third-order valence-corrected chi connectivity index (χ3v) is 2.93. The molecule has 1 amide bonds. The van der Waals surface area contributed by atoms with E-state index in [1.165, 1.54) is 7.11 Å². The highest BCUT2D eigenvalue weighted by Gasteiger charge is 2.20. The summed E-state index contributed by atoms with van der Waals surface area (Å²) in [4.78, 5) is 24.9. The van der Waals surface area contributed by atoms with Gasteiger partial charge in [-0.05, 0) is 40.0 Å². The van der Waals surface area contributed by atoms with E-state index >= 15 is 0 Å². The zero-order valence-corrected chi connectivity index (χ0v) is 12.6. The highest BCUT2D eigenvalue weighted by Crippen LogP contribution is 2.21. The van der Waals surface area contributed by atoms with Gasteiger partial charge >= 0.3 is 5.97 Å². The Morgan fingerprint density at radius 3 is 2.55 bits per heavy atom. The smallest absolute Gasteiger partial charge is 0.373 e. The molecule has 1 heterocycles. The van der Waals surface area contributed by atoms with E-state index in [0.29, 0.717) is 5.76 Å². The summed E-state index contributed by atoms with van der Waals surface area (Å²) in [6, 6.07) is 3.28. The van der Waals surface area contributed by atoms with Crippen molar-refractivity contribution in [2.45, 2.75) is 32.9 Å². The van der Waals surface area contributed by atoms with Crippen molar-refractivity contribution in [3.05, 3.63) is 23.7 Å². The van der Waals surface area contributed by atoms with Gasteiger partial charge in [-0.3, -0.25) is 9.69 Å². The minimum atomic E-state index is -0.511. The lowest BCUT2D eigenvalue weighted by molar-refractivity contribution is -0.122. The largest absolute Gasteiger partial charge is 0.463 e. The third kappa shape index (κ3) is 4.38. The van der Waals surface area contributed by atoms with E-state index in [4.69, 9.17) is 4.42 Å². The Labute approximate surface area is 119 Å². The lowest BCUT2D eigenvalue weighted by Gasteiger charge is -2.22. The molecule has 0 aromatic carbocycles. The van der Waals surface area contributed by atoms with Crippen LogP contribution in [0, 0.1) is 0 Å². The number of furan rings is 1. The number of hydrogen-bond acceptors (Lipinski definition) is 5. The van der Waals surface area contributed by atoms with Crippen molar-refractivity contribution in [3.8, 4) is 0 Å². The van der Waals surface area contributed by atoms with Crippen molar-refractivity contribution in [1.82, 2.24) is 10.2 Å². The molecule has 0 aliphatic heterocycles. The van der Waals surface area contributed by atoms with Crippen molar-refractivity contribution in [3.63, 3.8) is 0 Å². The number of likely N-dealkylation sites (N-methyl/N-ethyl adjacent to an activating group) is 1. The molecule has 6 heteroatoms. The minimum absolute atomic E-state index is 0.0471. The summed E-state index contributed by atoms with van der Waals surface area (Å²) in [5.74, 6) is 0.220. The summed E-state index contributed by atoms with van der Waals surface area (Å²) >= 11 is 0. The van der Waals surface area contributed by atoms with Crippen molar-refractivity contribution in [2.75, 3.05) is 20.7 Å². The van der Waals surface area contributed by atoms with Crippen LogP contribution in [-0.4, -0.2) is 43.5 Å². The number of nitrogens with zero attached hydrogens (tertiary/aromatic N) is 1. The van der Waals surface area contributed by atoms with Crippen LogP contribution in [-0.2, 0) is 9.53 Å². The quantitative estimate of drug-likeness (QED) is 0.802. The molecule has 1 unspecified atom stereocenters. The third-order valence-electron chi connectivity index (χ3n) is 2.93. The average molecular weight is 282 g/mol. The van der Waals surface area contributed by atoms with Gasteiger partial charge in [0.1, 0.15) is 5.76 Å². The summed E-state index contributed by atoms with van der Waals surface area (Å²) in [7, 11) is 3.13. The van der Waals surface area contributed by atoms with Crippen LogP contribution in [0.25, 0.3) is 0 Å². The molecule has 0 aliphatic carbocycles. The maximum absolute atomic E-state index is 11.7. The first-order chi connectivity index (χ1) is 9.35. The van der Waals surface area contributed by atoms with Gasteiger partial charge in [-0.15, -0.1) is 0 Å². The molecule has 20 heavy (non-hydrogen) atoms. The molecular weight excluding hydrogens is 260 g/mol. The first-order valence-electron chi connectivity index (χ1n) is 6.52. The van der Waals surface area contributed by atoms with Gasteiger partial charge in [0.15, 0.2) is 0 Å². The number of rotatable bonds is 6. The Bertz CT molecular complexity index is 467. The summed E-state index contributed by atoms with van der Waals surface area (Å²) in [6.07, 6.45) is 0. The van der Waals surface area contributed by atoms with Crippen molar-refractivity contribution < 1.29 is 18.7 Å². The molecular formula is C14H22N2O4. The second kappa shape index (κ2) is 7.09. The molecule has 1 aromatic heterocycles. The van der Waals surface area contributed by atoms with Crippen LogP contribution in [0.5, 0.6) is 0 Å². The molecule has 112 valence electrons. The lowest BCUT2D eigenvalue weighted by Crippen LogP contribution is -2.39. The summed E-state index contributed by atoms with van der Waals surface area (Å²) in [5, 5.41) is 2.83. The van der Waals surface area contributed by atoms with E-state index in [0.717, 1.165) is 0 Å². The Hall–Kier alpha value is -1.82. The van der Waals surface area contributed by atoms with E-state index in [1.807, 2.05) is 32.7 Å². The summed E-state index contributed by atoms with van der Waals surface area (Å²) < 4.78 is 10.0. The number of hydrogen-bond donors (Lipinski definition) is 1. The van der Waals surface area contributed by atoms with Crippen LogP contribution in [0.4, 0.5) is 0 Å². The van der Waals surface area contributed by atoms with Crippen molar-refractivity contribution >= 4 is 11.9 Å². The first kappa shape index (κ1) is 16.2. The van der Waals surface area contributed by atoms with Gasteiger partial charge in [-0.2, -0.15) is 0 Å². The predicted molar refractivity (Wildman–Crippen MR) is 74.4 cm³/mol. The Morgan fingerprint density at radius 2 is 2.00 bits per heavy atom.